The summed E-state index contributed by atoms with van der Waals surface area (Å²) in [6.07, 6.45) is 0. The molecule has 3 nitrogen and oxygen atoms in total. The van der Waals surface area contributed by atoms with Gasteiger partial charge in [0, 0.05) is 13.1 Å². The summed E-state index contributed by atoms with van der Waals surface area (Å²) in [6, 6.07) is 0. The zero-order valence-corrected chi connectivity index (χ0v) is 3.79. The molecule has 1 aliphatic rings. The maximum Gasteiger partial charge on any atom is 0.309 e. The van der Waals surface area contributed by atoms with Crippen molar-refractivity contribution in [2.24, 2.45) is 5.92 Å². The number of aliphatic carboxylic acids is 1. The fourth-order valence-corrected chi connectivity index (χ4v) is 0.414. The van der Waals surface area contributed by atoms with Crippen LogP contribution in [0.25, 0.3) is 0 Å². The topological polar surface area (TPSA) is 51.4 Å². The molecular weight excluding hydrogens is 94.0 g/mol. The highest BCUT2D eigenvalue weighted by Crippen LogP contribution is 2.02. The van der Waals surface area contributed by atoms with Crippen molar-refractivity contribution in [1.82, 2.24) is 5.32 Å². The van der Waals surface area contributed by atoms with Crippen molar-refractivity contribution in [3.8, 4) is 0 Å². The molecule has 0 aromatic heterocycles. The van der Waals surface area contributed by atoms with E-state index in [-0.39, 0.29) is 5.92 Å². The molecule has 1 saturated heterocycles. The lowest BCUT2D eigenvalue weighted by Gasteiger charge is -2.19. The molecule has 1 rings (SSSR count). The Bertz CT molecular complexity index is 87.7. The minimum absolute atomic E-state index is 0.167. The van der Waals surface area contributed by atoms with Crippen molar-refractivity contribution in [2.75, 3.05) is 13.1 Å². The van der Waals surface area contributed by atoms with Crippen LogP contribution in [-0.2, 0) is 4.79 Å². The summed E-state index contributed by atoms with van der Waals surface area (Å²) in [6.45, 7) is 1.05. The molecule has 0 aromatic rings. The number of carboxylic acids is 1. The van der Waals surface area contributed by atoms with Gasteiger partial charge >= 0.3 is 5.97 Å². The predicted molar refractivity (Wildman–Crippen MR) is 23.0 cm³/mol. The van der Waals surface area contributed by atoms with Gasteiger partial charge in [-0.3, -0.25) is 4.79 Å². The summed E-state index contributed by atoms with van der Waals surface area (Å²) in [7, 11) is 0. The molecule has 0 amide bonds. The van der Waals surface area contributed by atoms with Crippen molar-refractivity contribution in [3.05, 3.63) is 0 Å². The molecule has 0 unspecified atom stereocenters. The summed E-state index contributed by atoms with van der Waals surface area (Å²) in [5.41, 5.74) is 0. The molecular formula is C4H6NO2. The van der Waals surface area contributed by atoms with Gasteiger partial charge in [-0.25, -0.2) is 5.32 Å². The van der Waals surface area contributed by atoms with Crippen molar-refractivity contribution >= 4 is 5.97 Å². The van der Waals surface area contributed by atoms with Gasteiger partial charge in [-0.15, -0.1) is 0 Å². The zero-order chi connectivity index (χ0) is 5.28. The first-order valence-corrected chi connectivity index (χ1v) is 2.17. The minimum atomic E-state index is -0.713. The third kappa shape index (κ3) is 0.718. The van der Waals surface area contributed by atoms with Gasteiger partial charge < -0.3 is 5.11 Å². The monoisotopic (exact) mass is 100 g/mol. The molecule has 0 atom stereocenters. The summed E-state index contributed by atoms with van der Waals surface area (Å²) in [4.78, 5) is 9.92. The van der Waals surface area contributed by atoms with E-state index in [4.69, 9.17) is 5.11 Å². The number of rotatable bonds is 1. The van der Waals surface area contributed by atoms with Crippen LogP contribution in [0.4, 0.5) is 0 Å². The van der Waals surface area contributed by atoms with Crippen molar-refractivity contribution in [3.63, 3.8) is 0 Å². The van der Waals surface area contributed by atoms with Gasteiger partial charge in [0.1, 0.15) is 0 Å². The molecule has 7 heavy (non-hydrogen) atoms. The van der Waals surface area contributed by atoms with Gasteiger partial charge in [0.25, 0.3) is 0 Å². The molecule has 39 valence electrons. The second-order valence-electron chi connectivity index (χ2n) is 1.62. The largest absolute Gasteiger partial charge is 0.481 e. The lowest BCUT2D eigenvalue weighted by Crippen LogP contribution is -2.41. The third-order valence-electron chi connectivity index (χ3n) is 1.05. The normalized spacial score (nSPS) is 21.1. The summed E-state index contributed by atoms with van der Waals surface area (Å²) in [5, 5.41) is 11.9. The average Bonchev–Trinajstić information content (AvgIpc) is 1.23. The van der Waals surface area contributed by atoms with E-state index in [0.717, 1.165) is 0 Å². The molecule has 0 aliphatic carbocycles. The molecule has 1 radical (unpaired) electrons. The van der Waals surface area contributed by atoms with E-state index in [0.29, 0.717) is 13.1 Å². The van der Waals surface area contributed by atoms with Gasteiger partial charge in [-0.05, 0) is 0 Å². The van der Waals surface area contributed by atoms with E-state index in [1.165, 1.54) is 0 Å². The smallest absolute Gasteiger partial charge is 0.309 e. The van der Waals surface area contributed by atoms with Crippen LogP contribution < -0.4 is 5.32 Å². The van der Waals surface area contributed by atoms with E-state index in [2.05, 4.69) is 5.32 Å². The van der Waals surface area contributed by atoms with Crippen LogP contribution in [0.3, 0.4) is 0 Å². The first kappa shape index (κ1) is 4.59. The van der Waals surface area contributed by atoms with Gasteiger partial charge in [0.05, 0.1) is 5.92 Å². The van der Waals surface area contributed by atoms with Crippen molar-refractivity contribution < 1.29 is 9.90 Å². The van der Waals surface area contributed by atoms with Crippen LogP contribution in [0.1, 0.15) is 0 Å². The molecule has 1 aliphatic heterocycles. The minimum Gasteiger partial charge on any atom is -0.481 e. The number of nitrogens with zero attached hydrogens (tertiary/aromatic N) is 1. The molecule has 0 saturated carbocycles. The maximum atomic E-state index is 9.92. The number of carboxylic acid groups (broad SMARTS) is 1. The second-order valence-corrected chi connectivity index (χ2v) is 1.62. The quantitative estimate of drug-likeness (QED) is 0.474. The van der Waals surface area contributed by atoms with E-state index in [9.17, 15) is 4.79 Å². The van der Waals surface area contributed by atoms with Gasteiger partial charge in [0.2, 0.25) is 0 Å². The number of hydrogen-bond donors (Lipinski definition) is 1. The molecule has 0 spiro atoms. The summed E-state index contributed by atoms with van der Waals surface area (Å²) < 4.78 is 0. The highest BCUT2D eigenvalue weighted by Gasteiger charge is 2.24. The van der Waals surface area contributed by atoms with E-state index < -0.39 is 5.97 Å². The molecule has 0 aromatic carbocycles. The lowest BCUT2D eigenvalue weighted by molar-refractivity contribution is -0.143. The summed E-state index contributed by atoms with van der Waals surface area (Å²) >= 11 is 0. The standard InChI is InChI=1S/C4H6NO2/c6-4(7)3-1-5-2-3/h3H,1-2H2,(H,6,7). The predicted octanol–water partition coefficient (Wildman–Crippen LogP) is -0.695. The first-order valence-electron chi connectivity index (χ1n) is 2.17. The van der Waals surface area contributed by atoms with Crippen molar-refractivity contribution in [2.45, 2.75) is 0 Å². The van der Waals surface area contributed by atoms with Crippen LogP contribution in [0.5, 0.6) is 0 Å². The number of hydrogen-bond acceptors (Lipinski definition) is 1. The first-order chi connectivity index (χ1) is 3.30. The fraction of sp³-hybridized carbons (Fsp3) is 0.750. The SMILES string of the molecule is O=C(O)C1C[N]C1. The Morgan fingerprint density at radius 2 is 2.29 bits per heavy atom. The van der Waals surface area contributed by atoms with Gasteiger partial charge in [-0.2, -0.15) is 0 Å². The van der Waals surface area contributed by atoms with Crippen LogP contribution in [0.15, 0.2) is 0 Å². The Balaban J connectivity index is 2.27. The molecule has 1 N–H and O–H groups in total. The van der Waals surface area contributed by atoms with Crippen LogP contribution in [0.2, 0.25) is 0 Å². The van der Waals surface area contributed by atoms with Crippen LogP contribution in [0, 0.1) is 5.92 Å². The van der Waals surface area contributed by atoms with E-state index >= 15 is 0 Å². The molecule has 1 fully saturated rings. The van der Waals surface area contributed by atoms with Crippen molar-refractivity contribution in [1.29, 1.82) is 0 Å². The third-order valence-corrected chi connectivity index (χ3v) is 1.05. The van der Waals surface area contributed by atoms with Crippen LogP contribution in [-0.4, -0.2) is 24.2 Å². The Morgan fingerprint density at radius 1 is 1.71 bits per heavy atom. The zero-order valence-electron chi connectivity index (χ0n) is 3.79. The molecule has 1 heterocycles. The number of carbonyl (C=O) groups is 1. The second kappa shape index (κ2) is 1.50. The van der Waals surface area contributed by atoms with E-state index in [1.807, 2.05) is 0 Å². The Hall–Kier alpha value is -0.570. The van der Waals surface area contributed by atoms with Gasteiger partial charge in [0.15, 0.2) is 0 Å². The van der Waals surface area contributed by atoms with E-state index in [1.54, 1.807) is 0 Å². The highest BCUT2D eigenvalue weighted by molar-refractivity contribution is 5.71. The fourth-order valence-electron chi connectivity index (χ4n) is 0.414. The Morgan fingerprint density at radius 3 is 2.29 bits per heavy atom. The Labute approximate surface area is 41.3 Å². The van der Waals surface area contributed by atoms with Gasteiger partial charge in [-0.1, -0.05) is 0 Å². The summed E-state index contributed by atoms with van der Waals surface area (Å²) in [5.74, 6) is -0.880. The molecule has 3 heteroatoms. The molecule has 0 bridgehead atoms. The maximum absolute atomic E-state index is 9.92. The average molecular weight is 100 g/mol. The Kier molecular flexibility index (Phi) is 0.982. The lowest BCUT2D eigenvalue weighted by atomic mass is 10.1. The highest BCUT2D eigenvalue weighted by atomic mass is 16.4. The van der Waals surface area contributed by atoms with Crippen LogP contribution >= 0.6 is 0 Å².